The van der Waals surface area contributed by atoms with Crippen LogP contribution in [0.3, 0.4) is 0 Å². The van der Waals surface area contributed by atoms with Gasteiger partial charge in [0.2, 0.25) is 0 Å². The maximum Gasteiger partial charge on any atom is 0.0846 e. The molecule has 0 bridgehead atoms. The SMILES string of the molecule is CCN(CC)CCSSS[SiH3]. The highest BCUT2D eigenvalue weighted by Crippen LogP contribution is 2.30. The molecule has 0 radical (unpaired) electrons. The van der Waals surface area contributed by atoms with Crippen LogP contribution < -0.4 is 0 Å². The van der Waals surface area contributed by atoms with E-state index in [0.717, 1.165) is 0 Å². The Hall–Kier alpha value is 1.23. The van der Waals surface area contributed by atoms with Crippen LogP contribution in [0.25, 0.3) is 0 Å². The third-order valence-corrected chi connectivity index (χ3v) is 9.04. The molecule has 5 heteroatoms. The molecule has 0 saturated heterocycles. The predicted octanol–water partition coefficient (Wildman–Crippen LogP) is 1.64. The topological polar surface area (TPSA) is 3.24 Å². The van der Waals surface area contributed by atoms with Crippen molar-refractivity contribution in [1.29, 1.82) is 0 Å². The van der Waals surface area contributed by atoms with E-state index in [-0.39, 0.29) is 0 Å². The summed E-state index contributed by atoms with van der Waals surface area (Å²) in [5.41, 5.74) is 0. The van der Waals surface area contributed by atoms with Gasteiger partial charge in [-0.2, -0.15) is 0 Å². The molecule has 0 heterocycles. The van der Waals surface area contributed by atoms with E-state index in [1.165, 1.54) is 34.8 Å². The summed E-state index contributed by atoms with van der Waals surface area (Å²) < 4.78 is 0. The summed E-state index contributed by atoms with van der Waals surface area (Å²) in [6, 6.07) is 0. The molecule has 0 fully saturated rings. The fourth-order valence-electron chi connectivity index (χ4n) is 0.788. The molecular formula is C6H17NS3Si. The zero-order chi connectivity index (χ0) is 8.53. The summed E-state index contributed by atoms with van der Waals surface area (Å²) in [7, 11) is 7.14. The Morgan fingerprint density at radius 3 is 2.36 bits per heavy atom. The lowest BCUT2D eigenvalue weighted by molar-refractivity contribution is 0.324. The van der Waals surface area contributed by atoms with Crippen molar-refractivity contribution >= 4 is 40.3 Å². The van der Waals surface area contributed by atoms with E-state index in [4.69, 9.17) is 0 Å². The third-order valence-electron chi connectivity index (χ3n) is 1.50. The lowest BCUT2D eigenvalue weighted by Gasteiger charge is -2.16. The minimum absolute atomic E-state index is 1.19. The lowest BCUT2D eigenvalue weighted by Crippen LogP contribution is -2.25. The van der Waals surface area contributed by atoms with Crippen molar-refractivity contribution in [3.05, 3.63) is 0 Å². The van der Waals surface area contributed by atoms with Gasteiger partial charge < -0.3 is 4.90 Å². The van der Waals surface area contributed by atoms with Crippen molar-refractivity contribution in [2.75, 3.05) is 25.4 Å². The molecule has 0 aromatic heterocycles. The minimum Gasteiger partial charge on any atom is -0.303 e. The van der Waals surface area contributed by atoms with Gasteiger partial charge in [0.15, 0.2) is 0 Å². The summed E-state index contributed by atoms with van der Waals surface area (Å²) in [5, 5.41) is 0. The highest BCUT2D eigenvalue weighted by atomic mass is 33.5. The quantitative estimate of drug-likeness (QED) is 0.369. The monoisotopic (exact) mass is 227 g/mol. The normalized spacial score (nSPS) is 11.2. The van der Waals surface area contributed by atoms with Gasteiger partial charge in [0.05, 0.1) is 9.39 Å². The Bertz CT molecular complexity index is 80.2. The molecule has 0 aliphatic heterocycles. The smallest absolute Gasteiger partial charge is 0.0846 e. The summed E-state index contributed by atoms with van der Waals surface area (Å²) in [4.78, 5) is 2.46. The van der Waals surface area contributed by atoms with E-state index in [1.54, 1.807) is 0 Å². The maximum absolute atomic E-state index is 2.46. The van der Waals surface area contributed by atoms with Crippen LogP contribution in [0.2, 0.25) is 0 Å². The third kappa shape index (κ3) is 7.58. The Balaban J connectivity index is 3.07. The van der Waals surface area contributed by atoms with Crippen molar-refractivity contribution in [3.8, 4) is 0 Å². The fourth-order valence-corrected chi connectivity index (χ4v) is 6.08. The van der Waals surface area contributed by atoms with E-state index in [2.05, 4.69) is 18.7 Å². The van der Waals surface area contributed by atoms with E-state index in [1.807, 2.05) is 30.9 Å². The Morgan fingerprint density at radius 2 is 1.91 bits per heavy atom. The van der Waals surface area contributed by atoms with Crippen LogP contribution in [0, 0.1) is 0 Å². The van der Waals surface area contributed by atoms with Gasteiger partial charge in [-0.05, 0) is 22.9 Å². The summed E-state index contributed by atoms with van der Waals surface area (Å²) in [6.45, 7) is 8.07. The Morgan fingerprint density at radius 1 is 1.27 bits per heavy atom. The van der Waals surface area contributed by atoms with E-state index >= 15 is 0 Å². The van der Waals surface area contributed by atoms with Gasteiger partial charge >= 0.3 is 0 Å². The second-order valence-electron chi connectivity index (χ2n) is 2.08. The molecule has 0 aromatic rings. The van der Waals surface area contributed by atoms with Crippen LogP contribution in [0.5, 0.6) is 0 Å². The van der Waals surface area contributed by atoms with E-state index < -0.39 is 0 Å². The second-order valence-corrected chi connectivity index (χ2v) is 9.54. The zero-order valence-corrected chi connectivity index (χ0v) is 11.9. The van der Waals surface area contributed by atoms with Gasteiger partial charge in [0, 0.05) is 12.3 Å². The Labute approximate surface area is 84.3 Å². The predicted molar refractivity (Wildman–Crippen MR) is 65.4 cm³/mol. The van der Waals surface area contributed by atoms with Gasteiger partial charge in [-0.1, -0.05) is 24.6 Å². The van der Waals surface area contributed by atoms with Crippen LogP contribution in [-0.4, -0.2) is 39.7 Å². The first-order valence-corrected chi connectivity index (χ1v) is 10.4. The molecule has 1 nitrogen and oxygen atoms in total. The number of hydrogen-bond donors (Lipinski definition) is 0. The lowest BCUT2D eigenvalue weighted by atomic mass is 10.5. The molecule has 0 aliphatic carbocycles. The summed E-state index contributed by atoms with van der Waals surface area (Å²) in [5.74, 6) is 1.27. The van der Waals surface area contributed by atoms with Crippen molar-refractivity contribution in [1.82, 2.24) is 4.90 Å². The Kier molecular flexibility index (Phi) is 10.4. The van der Waals surface area contributed by atoms with Gasteiger partial charge in [-0.15, -0.1) is 10.2 Å². The largest absolute Gasteiger partial charge is 0.303 e. The number of hydrogen-bond acceptors (Lipinski definition) is 4. The van der Waals surface area contributed by atoms with Crippen LogP contribution in [-0.2, 0) is 0 Å². The maximum atomic E-state index is 2.46. The molecule has 0 spiro atoms. The molecule has 0 amide bonds. The van der Waals surface area contributed by atoms with Crippen LogP contribution in [0.1, 0.15) is 13.8 Å². The van der Waals surface area contributed by atoms with Gasteiger partial charge in [-0.3, -0.25) is 0 Å². The van der Waals surface area contributed by atoms with Crippen molar-refractivity contribution in [2.45, 2.75) is 13.8 Å². The minimum atomic E-state index is 1.19. The highest BCUT2D eigenvalue weighted by molar-refractivity contribution is 9.13. The van der Waals surface area contributed by atoms with Crippen LogP contribution in [0.4, 0.5) is 0 Å². The average molecular weight is 227 g/mol. The van der Waals surface area contributed by atoms with Gasteiger partial charge in [0.25, 0.3) is 0 Å². The molecule has 0 unspecified atom stereocenters. The van der Waals surface area contributed by atoms with Crippen LogP contribution >= 0.6 is 30.9 Å². The van der Waals surface area contributed by atoms with Gasteiger partial charge in [0.1, 0.15) is 0 Å². The average Bonchev–Trinajstić information content (AvgIpc) is 2.05. The molecule has 68 valence electrons. The van der Waals surface area contributed by atoms with Crippen molar-refractivity contribution < 1.29 is 0 Å². The standard InChI is InChI=1S/C6H17NS3Si/c1-3-7(4-2)5-6-8-9-10-11/h3-6H2,1-2,11H3. The first kappa shape index (κ1) is 12.2. The van der Waals surface area contributed by atoms with Gasteiger partial charge in [-0.25, -0.2) is 0 Å². The van der Waals surface area contributed by atoms with Crippen molar-refractivity contribution in [2.24, 2.45) is 0 Å². The molecule has 0 aromatic carbocycles. The summed E-state index contributed by atoms with van der Waals surface area (Å²) in [6.07, 6.45) is 0. The molecule has 0 saturated carbocycles. The molecule has 11 heavy (non-hydrogen) atoms. The molecule has 0 N–H and O–H groups in total. The van der Waals surface area contributed by atoms with E-state index in [0.29, 0.717) is 0 Å². The second kappa shape index (κ2) is 9.32. The molecule has 0 aliphatic rings. The molecule has 0 rings (SSSR count). The first-order valence-electron chi connectivity index (χ1n) is 3.89. The molecule has 0 atom stereocenters. The van der Waals surface area contributed by atoms with E-state index in [9.17, 15) is 0 Å². The first-order chi connectivity index (χ1) is 5.35. The molecular weight excluding hydrogens is 210 g/mol. The van der Waals surface area contributed by atoms with Crippen molar-refractivity contribution in [3.63, 3.8) is 0 Å². The number of rotatable bonds is 7. The summed E-state index contributed by atoms with van der Waals surface area (Å²) >= 11 is 0. The number of nitrogens with zero attached hydrogens (tertiary/aromatic N) is 1. The van der Waals surface area contributed by atoms with Crippen LogP contribution in [0.15, 0.2) is 0 Å². The zero-order valence-electron chi connectivity index (χ0n) is 7.50. The highest BCUT2D eigenvalue weighted by Gasteiger charge is 1.97. The fraction of sp³-hybridized carbons (Fsp3) is 1.00.